The van der Waals surface area contributed by atoms with E-state index in [1.807, 2.05) is 12.1 Å². The summed E-state index contributed by atoms with van der Waals surface area (Å²) in [5, 5.41) is 4.96. The van der Waals surface area contributed by atoms with Gasteiger partial charge in [-0.25, -0.2) is 0 Å². The molecule has 1 aliphatic rings. The summed E-state index contributed by atoms with van der Waals surface area (Å²) in [7, 11) is 0. The second-order valence-corrected chi connectivity index (χ2v) is 6.93. The lowest BCUT2D eigenvalue weighted by molar-refractivity contribution is 0.227. The van der Waals surface area contributed by atoms with E-state index < -0.39 is 0 Å². The standard InChI is InChI=1S/C19H27NO/c1-13(2)15-8-10-17(11-9-15)20-14(3)19-12-16-6-4-5-7-18(16)21-19/h4-7,12-15,17,20H,8-11H2,1-3H3. The first-order valence-corrected chi connectivity index (χ1v) is 8.38. The Morgan fingerprint density at radius 1 is 1.05 bits per heavy atom. The first-order chi connectivity index (χ1) is 10.1. The van der Waals surface area contributed by atoms with Gasteiger partial charge in [0.15, 0.2) is 0 Å². The molecule has 3 rings (SSSR count). The highest BCUT2D eigenvalue weighted by atomic mass is 16.3. The lowest BCUT2D eigenvalue weighted by Crippen LogP contribution is -2.35. The Hall–Kier alpha value is -1.28. The summed E-state index contributed by atoms with van der Waals surface area (Å²) in [5.74, 6) is 2.81. The Balaban J connectivity index is 1.60. The molecule has 21 heavy (non-hydrogen) atoms. The summed E-state index contributed by atoms with van der Waals surface area (Å²) in [6.07, 6.45) is 5.32. The molecule has 0 bridgehead atoms. The SMILES string of the molecule is CC(NC1CCC(C(C)C)CC1)c1cc2ccccc2o1. The average Bonchev–Trinajstić information content (AvgIpc) is 2.92. The van der Waals surface area contributed by atoms with Crippen molar-refractivity contribution in [1.82, 2.24) is 5.32 Å². The molecule has 2 aromatic rings. The van der Waals surface area contributed by atoms with Crippen molar-refractivity contribution in [3.8, 4) is 0 Å². The third kappa shape index (κ3) is 3.32. The molecule has 1 saturated carbocycles. The summed E-state index contributed by atoms with van der Waals surface area (Å²) in [4.78, 5) is 0. The maximum absolute atomic E-state index is 5.97. The van der Waals surface area contributed by atoms with Gasteiger partial charge in [0.25, 0.3) is 0 Å². The Bertz CT molecular complexity index is 545. The molecule has 0 saturated heterocycles. The van der Waals surface area contributed by atoms with Crippen LogP contribution in [0.3, 0.4) is 0 Å². The van der Waals surface area contributed by atoms with Crippen molar-refractivity contribution < 1.29 is 4.42 Å². The Kier molecular flexibility index (Phi) is 4.34. The molecule has 2 nitrogen and oxygen atoms in total. The van der Waals surface area contributed by atoms with E-state index in [9.17, 15) is 0 Å². The smallest absolute Gasteiger partial charge is 0.134 e. The molecule has 2 heteroatoms. The molecule has 1 atom stereocenters. The number of nitrogens with one attached hydrogen (secondary N) is 1. The van der Waals surface area contributed by atoms with E-state index in [2.05, 4.69) is 44.3 Å². The maximum atomic E-state index is 5.97. The normalized spacial score (nSPS) is 24.6. The van der Waals surface area contributed by atoms with Gasteiger partial charge in [-0.2, -0.15) is 0 Å². The summed E-state index contributed by atoms with van der Waals surface area (Å²) < 4.78 is 5.97. The molecule has 1 unspecified atom stereocenters. The van der Waals surface area contributed by atoms with Gasteiger partial charge < -0.3 is 9.73 Å². The van der Waals surface area contributed by atoms with Crippen LogP contribution in [0.4, 0.5) is 0 Å². The van der Waals surface area contributed by atoms with Gasteiger partial charge in [0.05, 0.1) is 6.04 Å². The van der Waals surface area contributed by atoms with E-state index in [1.54, 1.807) is 0 Å². The van der Waals surface area contributed by atoms with Crippen LogP contribution >= 0.6 is 0 Å². The van der Waals surface area contributed by atoms with Gasteiger partial charge in [-0.3, -0.25) is 0 Å². The van der Waals surface area contributed by atoms with Crippen molar-refractivity contribution in [3.63, 3.8) is 0 Å². The zero-order valence-electron chi connectivity index (χ0n) is 13.4. The molecule has 0 aliphatic heterocycles. The molecule has 1 aliphatic carbocycles. The first-order valence-electron chi connectivity index (χ1n) is 8.38. The number of furan rings is 1. The van der Waals surface area contributed by atoms with Gasteiger partial charge in [-0.05, 0) is 56.6 Å². The fraction of sp³-hybridized carbons (Fsp3) is 0.579. The minimum Gasteiger partial charge on any atom is -0.459 e. The van der Waals surface area contributed by atoms with Crippen molar-refractivity contribution in [2.24, 2.45) is 11.8 Å². The van der Waals surface area contributed by atoms with E-state index in [1.165, 1.54) is 31.1 Å². The second-order valence-electron chi connectivity index (χ2n) is 6.93. The molecule has 0 amide bonds. The lowest BCUT2D eigenvalue weighted by Gasteiger charge is -2.32. The maximum Gasteiger partial charge on any atom is 0.134 e. The van der Waals surface area contributed by atoms with Crippen molar-refractivity contribution in [3.05, 3.63) is 36.1 Å². The third-order valence-corrected chi connectivity index (χ3v) is 5.07. The zero-order chi connectivity index (χ0) is 14.8. The van der Waals surface area contributed by atoms with Crippen LogP contribution in [0.5, 0.6) is 0 Å². The van der Waals surface area contributed by atoms with E-state index in [4.69, 9.17) is 4.42 Å². The highest BCUT2D eigenvalue weighted by molar-refractivity contribution is 5.77. The van der Waals surface area contributed by atoms with Gasteiger partial charge in [0, 0.05) is 11.4 Å². The minimum absolute atomic E-state index is 0.290. The van der Waals surface area contributed by atoms with Gasteiger partial charge >= 0.3 is 0 Å². The summed E-state index contributed by atoms with van der Waals surface area (Å²) in [6.45, 7) is 6.93. The third-order valence-electron chi connectivity index (χ3n) is 5.07. The number of hydrogen-bond donors (Lipinski definition) is 1. The zero-order valence-corrected chi connectivity index (χ0v) is 13.4. The highest BCUT2D eigenvalue weighted by Gasteiger charge is 2.24. The molecular weight excluding hydrogens is 258 g/mol. The molecule has 1 aromatic carbocycles. The van der Waals surface area contributed by atoms with Crippen molar-refractivity contribution >= 4 is 11.0 Å². The Morgan fingerprint density at radius 2 is 1.76 bits per heavy atom. The molecule has 0 radical (unpaired) electrons. The summed E-state index contributed by atoms with van der Waals surface area (Å²) in [6, 6.07) is 11.4. The van der Waals surface area contributed by atoms with E-state index in [0.29, 0.717) is 6.04 Å². The number of hydrogen-bond acceptors (Lipinski definition) is 2. The van der Waals surface area contributed by atoms with Crippen molar-refractivity contribution in [2.45, 2.75) is 58.5 Å². The van der Waals surface area contributed by atoms with Gasteiger partial charge in [0.1, 0.15) is 11.3 Å². The molecular formula is C19H27NO. The molecule has 1 heterocycles. The Labute approximate surface area is 127 Å². The number of rotatable bonds is 4. The summed E-state index contributed by atoms with van der Waals surface area (Å²) in [5.41, 5.74) is 0.990. The average molecular weight is 285 g/mol. The minimum atomic E-state index is 0.290. The van der Waals surface area contributed by atoms with Crippen LogP contribution in [0.15, 0.2) is 34.7 Å². The monoisotopic (exact) mass is 285 g/mol. The van der Waals surface area contributed by atoms with Crippen LogP contribution in [0.1, 0.15) is 58.3 Å². The van der Waals surface area contributed by atoms with Crippen LogP contribution in [0.2, 0.25) is 0 Å². The van der Waals surface area contributed by atoms with Crippen LogP contribution in [-0.4, -0.2) is 6.04 Å². The van der Waals surface area contributed by atoms with E-state index >= 15 is 0 Å². The van der Waals surface area contributed by atoms with Crippen molar-refractivity contribution in [2.75, 3.05) is 0 Å². The number of benzene rings is 1. The highest BCUT2D eigenvalue weighted by Crippen LogP contribution is 2.31. The van der Waals surface area contributed by atoms with Crippen LogP contribution in [0.25, 0.3) is 11.0 Å². The fourth-order valence-electron chi connectivity index (χ4n) is 3.60. The van der Waals surface area contributed by atoms with Gasteiger partial charge in [-0.15, -0.1) is 0 Å². The largest absolute Gasteiger partial charge is 0.459 e. The van der Waals surface area contributed by atoms with E-state index in [0.717, 1.165) is 23.2 Å². The van der Waals surface area contributed by atoms with Crippen LogP contribution in [-0.2, 0) is 0 Å². The predicted molar refractivity (Wildman–Crippen MR) is 88.3 cm³/mol. The Morgan fingerprint density at radius 3 is 2.43 bits per heavy atom. The van der Waals surface area contributed by atoms with Crippen LogP contribution < -0.4 is 5.32 Å². The predicted octanol–water partition coefficient (Wildman–Crippen LogP) is 5.30. The second kappa shape index (κ2) is 6.23. The van der Waals surface area contributed by atoms with Crippen LogP contribution in [0, 0.1) is 11.8 Å². The number of fused-ring (bicyclic) bond motifs is 1. The number of para-hydroxylation sites is 1. The molecule has 1 N–H and O–H groups in total. The quantitative estimate of drug-likeness (QED) is 0.824. The summed E-state index contributed by atoms with van der Waals surface area (Å²) >= 11 is 0. The molecule has 0 spiro atoms. The molecule has 114 valence electrons. The van der Waals surface area contributed by atoms with Gasteiger partial charge in [-0.1, -0.05) is 32.0 Å². The topological polar surface area (TPSA) is 25.2 Å². The van der Waals surface area contributed by atoms with Crippen molar-refractivity contribution in [1.29, 1.82) is 0 Å². The van der Waals surface area contributed by atoms with Gasteiger partial charge in [0.2, 0.25) is 0 Å². The fourth-order valence-corrected chi connectivity index (χ4v) is 3.60. The lowest BCUT2D eigenvalue weighted by atomic mass is 9.79. The molecule has 1 fully saturated rings. The first kappa shape index (κ1) is 14.6. The molecule has 1 aromatic heterocycles. The van der Waals surface area contributed by atoms with E-state index in [-0.39, 0.29) is 6.04 Å².